The summed E-state index contributed by atoms with van der Waals surface area (Å²) in [4.78, 5) is 0. The summed E-state index contributed by atoms with van der Waals surface area (Å²) in [6.07, 6.45) is 1.88. The molecule has 0 heterocycles. The summed E-state index contributed by atoms with van der Waals surface area (Å²) in [5.41, 5.74) is 0.699. The lowest BCUT2D eigenvalue weighted by Crippen LogP contribution is -2.23. The van der Waals surface area contributed by atoms with Gasteiger partial charge in [-0.3, -0.25) is 0 Å². The van der Waals surface area contributed by atoms with Crippen LogP contribution < -0.4 is 5.32 Å². The van der Waals surface area contributed by atoms with Crippen LogP contribution in [0.4, 0.5) is 8.78 Å². The molecule has 0 saturated heterocycles. The molecule has 3 heteroatoms. The van der Waals surface area contributed by atoms with E-state index in [0.717, 1.165) is 25.5 Å². The molecule has 1 nitrogen and oxygen atoms in total. The first-order valence-corrected chi connectivity index (χ1v) is 6.22. The molecule has 0 bridgehead atoms. The molecule has 17 heavy (non-hydrogen) atoms. The zero-order valence-electron chi connectivity index (χ0n) is 10.8. The van der Waals surface area contributed by atoms with E-state index in [1.54, 1.807) is 0 Å². The number of hydrogen-bond donors (Lipinski definition) is 1. The third-order valence-corrected chi connectivity index (χ3v) is 2.64. The molecule has 1 rings (SSSR count). The van der Waals surface area contributed by atoms with Crippen LogP contribution >= 0.6 is 0 Å². The summed E-state index contributed by atoms with van der Waals surface area (Å²) >= 11 is 0. The van der Waals surface area contributed by atoms with Crippen LogP contribution in [0, 0.1) is 17.6 Å². The van der Waals surface area contributed by atoms with E-state index < -0.39 is 11.6 Å². The van der Waals surface area contributed by atoms with Crippen molar-refractivity contribution in [3.63, 3.8) is 0 Å². The van der Waals surface area contributed by atoms with Crippen molar-refractivity contribution in [3.8, 4) is 0 Å². The van der Waals surface area contributed by atoms with Gasteiger partial charge in [0.1, 0.15) is 11.6 Å². The number of nitrogens with one attached hydrogen (secondary N) is 1. The van der Waals surface area contributed by atoms with Gasteiger partial charge >= 0.3 is 0 Å². The molecule has 0 aromatic heterocycles. The smallest absolute Gasteiger partial charge is 0.126 e. The normalized spacial score (nSPS) is 13.1. The first kappa shape index (κ1) is 14.1. The Morgan fingerprint density at radius 2 is 1.71 bits per heavy atom. The fourth-order valence-electron chi connectivity index (χ4n) is 1.90. The largest absolute Gasteiger partial charge is 0.310 e. The highest BCUT2D eigenvalue weighted by molar-refractivity contribution is 5.21. The molecule has 1 aromatic carbocycles. The summed E-state index contributed by atoms with van der Waals surface area (Å²) in [6.45, 7) is 7.15. The fraction of sp³-hybridized carbons (Fsp3) is 0.571. The molecule has 0 spiro atoms. The van der Waals surface area contributed by atoms with Gasteiger partial charge in [-0.1, -0.05) is 20.8 Å². The first-order valence-electron chi connectivity index (χ1n) is 6.22. The monoisotopic (exact) mass is 241 g/mol. The Balaban J connectivity index is 2.86. The van der Waals surface area contributed by atoms with Gasteiger partial charge in [0.05, 0.1) is 0 Å². The van der Waals surface area contributed by atoms with Gasteiger partial charge in [-0.25, -0.2) is 8.78 Å². The lowest BCUT2D eigenvalue weighted by Gasteiger charge is -2.21. The maximum atomic E-state index is 13.2. The summed E-state index contributed by atoms with van der Waals surface area (Å²) in [5, 5.41) is 3.34. The summed E-state index contributed by atoms with van der Waals surface area (Å²) < 4.78 is 26.4. The molecule has 0 aliphatic heterocycles. The maximum Gasteiger partial charge on any atom is 0.126 e. The van der Waals surface area contributed by atoms with Crippen molar-refractivity contribution in [2.45, 2.75) is 39.7 Å². The molecule has 1 atom stereocenters. The average Bonchev–Trinajstić information content (AvgIpc) is 2.22. The van der Waals surface area contributed by atoms with Crippen LogP contribution in [0.2, 0.25) is 0 Å². The van der Waals surface area contributed by atoms with Gasteiger partial charge in [-0.2, -0.15) is 0 Å². The Morgan fingerprint density at radius 3 is 2.18 bits per heavy atom. The van der Waals surface area contributed by atoms with Crippen LogP contribution in [0.3, 0.4) is 0 Å². The topological polar surface area (TPSA) is 12.0 Å². The quantitative estimate of drug-likeness (QED) is 0.792. The van der Waals surface area contributed by atoms with Crippen molar-refractivity contribution in [1.82, 2.24) is 5.32 Å². The standard InChI is InChI=1S/C14H21F2N/c1-4-5-17-14(6-10(2)3)11-7-12(15)9-13(16)8-11/h7-10,14,17H,4-6H2,1-3H3. The first-order chi connectivity index (χ1) is 8.02. The zero-order valence-corrected chi connectivity index (χ0v) is 10.8. The number of rotatable bonds is 6. The van der Waals surface area contributed by atoms with Crippen LogP contribution in [0.1, 0.15) is 45.2 Å². The van der Waals surface area contributed by atoms with Crippen LogP contribution in [0.15, 0.2) is 18.2 Å². The number of hydrogen-bond acceptors (Lipinski definition) is 1. The summed E-state index contributed by atoms with van der Waals surface area (Å²) in [5.74, 6) is -0.533. The van der Waals surface area contributed by atoms with E-state index in [1.807, 2.05) is 0 Å². The minimum atomic E-state index is -0.507. The summed E-state index contributed by atoms with van der Waals surface area (Å²) in [6, 6.07) is 3.77. The molecule has 1 aromatic rings. The molecule has 0 saturated carbocycles. The molecule has 0 aliphatic rings. The number of halogens is 2. The van der Waals surface area contributed by atoms with Crippen molar-refractivity contribution in [2.75, 3.05) is 6.54 Å². The Hall–Kier alpha value is -0.960. The van der Waals surface area contributed by atoms with Gasteiger partial charge in [0.25, 0.3) is 0 Å². The van der Waals surface area contributed by atoms with Gasteiger partial charge in [-0.05, 0) is 43.0 Å². The SMILES string of the molecule is CCCNC(CC(C)C)c1cc(F)cc(F)c1. The molecule has 0 radical (unpaired) electrons. The Labute approximate surface area is 102 Å². The Morgan fingerprint density at radius 1 is 1.12 bits per heavy atom. The predicted molar refractivity (Wildman–Crippen MR) is 66.8 cm³/mol. The van der Waals surface area contributed by atoms with Crippen LogP contribution in [0.25, 0.3) is 0 Å². The highest BCUT2D eigenvalue weighted by Gasteiger charge is 2.14. The van der Waals surface area contributed by atoms with Gasteiger partial charge in [0, 0.05) is 12.1 Å². The predicted octanol–water partition coefficient (Wildman–Crippen LogP) is 4.05. The molecule has 1 unspecified atom stereocenters. The minimum absolute atomic E-state index is 0.0279. The Bertz CT molecular complexity index is 330. The molecule has 0 fully saturated rings. The van der Waals surface area contributed by atoms with E-state index in [0.29, 0.717) is 11.5 Å². The van der Waals surface area contributed by atoms with E-state index in [1.165, 1.54) is 12.1 Å². The van der Waals surface area contributed by atoms with E-state index in [-0.39, 0.29) is 6.04 Å². The third-order valence-electron chi connectivity index (χ3n) is 2.64. The molecule has 0 amide bonds. The lowest BCUT2D eigenvalue weighted by molar-refractivity contribution is 0.426. The van der Waals surface area contributed by atoms with Gasteiger partial charge in [0.2, 0.25) is 0 Å². The van der Waals surface area contributed by atoms with E-state index in [9.17, 15) is 8.78 Å². The zero-order chi connectivity index (χ0) is 12.8. The van der Waals surface area contributed by atoms with Crippen molar-refractivity contribution < 1.29 is 8.78 Å². The van der Waals surface area contributed by atoms with E-state index in [2.05, 4.69) is 26.1 Å². The van der Waals surface area contributed by atoms with Crippen molar-refractivity contribution in [3.05, 3.63) is 35.4 Å². The maximum absolute atomic E-state index is 13.2. The lowest BCUT2D eigenvalue weighted by atomic mass is 9.96. The Kier molecular flexibility index (Phi) is 5.56. The molecule has 1 N–H and O–H groups in total. The fourth-order valence-corrected chi connectivity index (χ4v) is 1.90. The molecular formula is C14H21F2N. The highest BCUT2D eigenvalue weighted by atomic mass is 19.1. The van der Waals surface area contributed by atoms with E-state index in [4.69, 9.17) is 0 Å². The molecule has 96 valence electrons. The molecular weight excluding hydrogens is 220 g/mol. The van der Waals surface area contributed by atoms with Crippen LogP contribution in [-0.2, 0) is 0 Å². The summed E-state index contributed by atoms with van der Waals surface area (Å²) in [7, 11) is 0. The second kappa shape index (κ2) is 6.70. The minimum Gasteiger partial charge on any atom is -0.310 e. The molecule has 0 aliphatic carbocycles. The van der Waals surface area contributed by atoms with Gasteiger partial charge < -0.3 is 5.32 Å². The van der Waals surface area contributed by atoms with Crippen molar-refractivity contribution >= 4 is 0 Å². The van der Waals surface area contributed by atoms with Crippen molar-refractivity contribution in [1.29, 1.82) is 0 Å². The third kappa shape index (κ3) is 4.82. The van der Waals surface area contributed by atoms with Crippen LogP contribution in [0.5, 0.6) is 0 Å². The second-order valence-corrected chi connectivity index (χ2v) is 4.84. The van der Waals surface area contributed by atoms with Crippen molar-refractivity contribution in [2.24, 2.45) is 5.92 Å². The average molecular weight is 241 g/mol. The van der Waals surface area contributed by atoms with Gasteiger partial charge in [-0.15, -0.1) is 0 Å². The van der Waals surface area contributed by atoms with E-state index >= 15 is 0 Å². The van der Waals surface area contributed by atoms with Crippen LogP contribution in [-0.4, -0.2) is 6.54 Å². The number of benzene rings is 1. The second-order valence-electron chi connectivity index (χ2n) is 4.84. The highest BCUT2D eigenvalue weighted by Crippen LogP contribution is 2.23. The van der Waals surface area contributed by atoms with Gasteiger partial charge in [0.15, 0.2) is 0 Å².